The van der Waals surface area contributed by atoms with Crippen LogP contribution in [0.2, 0.25) is 0 Å². The minimum Gasteiger partial charge on any atom is -0.394 e. The standard InChI is InChI=1S/C81H149NO18/c1-3-5-7-9-11-13-15-17-19-21-23-25-26-27-28-29-30-31-32-33-34-35-36-37-38-39-41-43-45-47-49-51-53-55-57-59-69(87)82-64(65(86)58-56-54-52-50-48-46-44-42-40-24-22-20-18-16-14-12-10-8-6-4-2)63-95-79-75(93)72(90)77(67(61-84)97-79)100-81-76(94)73(91)78(68(62-85)98-81)99-80-74(92)71(89)70(88)66(60-83)96-80/h15,17,21,23,26-27,56,58,64-68,70-81,83-86,88-94H,3-14,16,18-20,22,24-25,28-55,57,59-63H2,1-2H3,(H,82,87)/b17-15-,23-21-,27-26-,58-56+. The second-order valence-electron chi connectivity index (χ2n) is 29.2. The van der Waals surface area contributed by atoms with Crippen molar-refractivity contribution in [3.05, 3.63) is 48.6 Å². The maximum atomic E-state index is 13.5. The van der Waals surface area contributed by atoms with Crippen molar-refractivity contribution in [2.75, 3.05) is 26.4 Å². The average Bonchev–Trinajstić information content (AvgIpc) is 0.783. The number of hydrogen-bond acceptors (Lipinski definition) is 18. The van der Waals surface area contributed by atoms with Crippen molar-refractivity contribution in [3.63, 3.8) is 0 Å². The molecule has 3 rings (SSSR count). The molecular weight excluding hydrogens is 1270 g/mol. The predicted octanol–water partition coefficient (Wildman–Crippen LogP) is 13.7. The van der Waals surface area contributed by atoms with Crippen molar-refractivity contribution in [1.82, 2.24) is 5.32 Å². The molecule has 17 unspecified atom stereocenters. The lowest BCUT2D eigenvalue weighted by atomic mass is 9.96. The maximum Gasteiger partial charge on any atom is 0.220 e. The first-order valence-electron chi connectivity index (χ1n) is 40.9. The van der Waals surface area contributed by atoms with Crippen LogP contribution in [0.15, 0.2) is 48.6 Å². The number of aliphatic hydroxyl groups excluding tert-OH is 11. The fourth-order valence-electron chi connectivity index (χ4n) is 13.8. The molecule has 0 saturated carbocycles. The second-order valence-corrected chi connectivity index (χ2v) is 29.2. The minimum absolute atomic E-state index is 0.246. The molecule has 0 aromatic rings. The Hall–Kier alpha value is -2.25. The van der Waals surface area contributed by atoms with E-state index in [9.17, 15) is 61.0 Å². The number of nitrogens with one attached hydrogen (secondary N) is 1. The maximum absolute atomic E-state index is 13.5. The van der Waals surface area contributed by atoms with E-state index < -0.39 is 124 Å². The number of amides is 1. The number of hydrogen-bond donors (Lipinski definition) is 12. The van der Waals surface area contributed by atoms with Gasteiger partial charge in [-0.15, -0.1) is 0 Å². The van der Waals surface area contributed by atoms with E-state index in [1.807, 2.05) is 6.08 Å². The van der Waals surface area contributed by atoms with E-state index in [-0.39, 0.29) is 18.9 Å². The zero-order valence-electron chi connectivity index (χ0n) is 62.7. The van der Waals surface area contributed by atoms with Crippen molar-refractivity contribution >= 4 is 5.91 Å². The molecule has 12 N–H and O–H groups in total. The fourth-order valence-corrected chi connectivity index (χ4v) is 13.8. The number of carbonyl (C=O) groups is 1. The van der Waals surface area contributed by atoms with Crippen molar-refractivity contribution in [2.45, 2.75) is 433 Å². The summed E-state index contributed by atoms with van der Waals surface area (Å²) in [5.41, 5.74) is 0. The first kappa shape index (κ1) is 92.0. The zero-order chi connectivity index (χ0) is 72.5. The molecule has 19 heteroatoms. The van der Waals surface area contributed by atoms with Crippen LogP contribution < -0.4 is 5.32 Å². The molecule has 17 atom stereocenters. The highest BCUT2D eigenvalue weighted by Gasteiger charge is 2.54. The van der Waals surface area contributed by atoms with E-state index in [4.69, 9.17) is 28.4 Å². The predicted molar refractivity (Wildman–Crippen MR) is 397 cm³/mol. The van der Waals surface area contributed by atoms with Gasteiger partial charge in [0.2, 0.25) is 5.91 Å². The Morgan fingerprint density at radius 2 is 0.660 bits per heavy atom. The Kier molecular flexibility index (Phi) is 56.9. The van der Waals surface area contributed by atoms with Crippen LogP contribution in [0.4, 0.5) is 0 Å². The summed E-state index contributed by atoms with van der Waals surface area (Å²) in [4.78, 5) is 13.5. The third-order valence-corrected chi connectivity index (χ3v) is 20.4. The Labute approximate surface area is 605 Å². The Balaban J connectivity index is 1.34. The molecule has 1 amide bonds. The molecule has 0 spiro atoms. The van der Waals surface area contributed by atoms with Gasteiger partial charge in [0.25, 0.3) is 0 Å². The molecule has 0 radical (unpaired) electrons. The largest absolute Gasteiger partial charge is 0.394 e. The van der Waals surface area contributed by atoms with E-state index in [2.05, 4.69) is 55.6 Å². The smallest absolute Gasteiger partial charge is 0.220 e. The van der Waals surface area contributed by atoms with Gasteiger partial charge in [-0.2, -0.15) is 0 Å². The summed E-state index contributed by atoms with van der Waals surface area (Å²) in [7, 11) is 0. The van der Waals surface area contributed by atoms with Gasteiger partial charge in [0.15, 0.2) is 18.9 Å². The van der Waals surface area contributed by atoms with E-state index >= 15 is 0 Å². The molecule has 3 saturated heterocycles. The lowest BCUT2D eigenvalue weighted by Crippen LogP contribution is -2.66. The summed E-state index contributed by atoms with van der Waals surface area (Å²) in [6.07, 6.45) is 51.0. The zero-order valence-corrected chi connectivity index (χ0v) is 62.7. The lowest BCUT2D eigenvalue weighted by Gasteiger charge is -2.48. The molecular formula is C81H149NO18. The molecule has 586 valence electrons. The van der Waals surface area contributed by atoms with Crippen molar-refractivity contribution in [1.29, 1.82) is 0 Å². The first-order valence-corrected chi connectivity index (χ1v) is 40.9. The molecule has 0 aromatic heterocycles. The first-order chi connectivity index (χ1) is 48.8. The van der Waals surface area contributed by atoms with Gasteiger partial charge in [-0.3, -0.25) is 4.79 Å². The summed E-state index contributed by atoms with van der Waals surface area (Å²) in [5, 5.41) is 121. The van der Waals surface area contributed by atoms with Gasteiger partial charge in [-0.25, -0.2) is 0 Å². The van der Waals surface area contributed by atoms with Crippen LogP contribution in [0.1, 0.15) is 328 Å². The molecule has 3 heterocycles. The quantitative estimate of drug-likeness (QED) is 0.0199. The number of carbonyl (C=O) groups excluding carboxylic acids is 1. The average molecular weight is 1430 g/mol. The highest BCUT2D eigenvalue weighted by Crippen LogP contribution is 2.33. The second kappa shape index (κ2) is 61.9. The van der Waals surface area contributed by atoms with Gasteiger partial charge in [-0.1, -0.05) is 313 Å². The fraction of sp³-hybridized carbons (Fsp3) is 0.889. The van der Waals surface area contributed by atoms with Gasteiger partial charge in [0.05, 0.1) is 38.6 Å². The highest BCUT2D eigenvalue weighted by atomic mass is 16.8. The normalized spacial score (nSPS) is 26.7. The number of aliphatic hydroxyl groups is 11. The molecule has 0 aromatic carbocycles. The van der Waals surface area contributed by atoms with Crippen LogP contribution in [-0.4, -0.2) is 193 Å². The van der Waals surface area contributed by atoms with Gasteiger partial charge < -0.3 is 89.9 Å². The molecule has 3 aliphatic rings. The molecule has 100 heavy (non-hydrogen) atoms. The summed E-state index contributed by atoms with van der Waals surface area (Å²) in [5.74, 6) is -0.270. The third kappa shape index (κ3) is 41.6. The van der Waals surface area contributed by atoms with Crippen LogP contribution in [0.3, 0.4) is 0 Å². The number of rotatable bonds is 65. The minimum atomic E-state index is -1.98. The SMILES string of the molecule is CCCCCCC/C=C\C/C=C\C/C=C\CCCCCCCCCCCCCCCCCCCCCCC(=O)NC(COC1OC(CO)C(OC2OC(CO)C(OC3OC(CO)C(O)C(O)C3O)C(O)C2O)C(O)C1O)C(O)/C=C/CCCCCCCCCCCCCCCCCCCC. The van der Waals surface area contributed by atoms with Crippen LogP contribution in [0, 0.1) is 0 Å². The van der Waals surface area contributed by atoms with E-state index in [1.54, 1.807) is 6.08 Å². The van der Waals surface area contributed by atoms with E-state index in [1.165, 1.54) is 244 Å². The van der Waals surface area contributed by atoms with Gasteiger partial charge in [-0.05, 0) is 57.8 Å². The van der Waals surface area contributed by atoms with Gasteiger partial charge in [0, 0.05) is 6.42 Å². The monoisotopic (exact) mass is 1420 g/mol. The summed E-state index contributed by atoms with van der Waals surface area (Å²) in [6.45, 7) is 1.77. The summed E-state index contributed by atoms with van der Waals surface area (Å²) in [6, 6.07) is -0.974. The molecule has 3 fully saturated rings. The summed E-state index contributed by atoms with van der Waals surface area (Å²) < 4.78 is 34.5. The molecule has 0 bridgehead atoms. The van der Waals surface area contributed by atoms with Crippen molar-refractivity contribution in [3.8, 4) is 0 Å². The van der Waals surface area contributed by atoms with Crippen LogP contribution in [0.25, 0.3) is 0 Å². The van der Waals surface area contributed by atoms with Gasteiger partial charge >= 0.3 is 0 Å². The van der Waals surface area contributed by atoms with Crippen LogP contribution in [0.5, 0.6) is 0 Å². The van der Waals surface area contributed by atoms with E-state index in [0.717, 1.165) is 57.8 Å². The number of unbranched alkanes of at least 4 members (excludes halogenated alkanes) is 43. The van der Waals surface area contributed by atoms with Crippen molar-refractivity contribution < 1.29 is 89.4 Å². The number of allylic oxidation sites excluding steroid dienone is 7. The molecule has 0 aliphatic carbocycles. The van der Waals surface area contributed by atoms with E-state index in [0.29, 0.717) is 6.42 Å². The Morgan fingerprint density at radius 1 is 0.360 bits per heavy atom. The third-order valence-electron chi connectivity index (χ3n) is 20.4. The van der Waals surface area contributed by atoms with Crippen molar-refractivity contribution in [2.24, 2.45) is 0 Å². The highest BCUT2D eigenvalue weighted by molar-refractivity contribution is 5.76. The van der Waals surface area contributed by atoms with Crippen LogP contribution >= 0.6 is 0 Å². The molecule has 19 nitrogen and oxygen atoms in total. The summed E-state index contributed by atoms with van der Waals surface area (Å²) >= 11 is 0. The van der Waals surface area contributed by atoms with Gasteiger partial charge in [0.1, 0.15) is 73.2 Å². The topological polar surface area (TPSA) is 307 Å². The van der Waals surface area contributed by atoms with Crippen LogP contribution in [-0.2, 0) is 33.2 Å². The lowest BCUT2D eigenvalue weighted by molar-refractivity contribution is -0.379. The molecule has 3 aliphatic heterocycles. The Bertz CT molecular complexity index is 1990. The Morgan fingerprint density at radius 3 is 1.03 bits per heavy atom. The number of ether oxygens (including phenoxy) is 6.